The number of amides is 1. The maximum absolute atomic E-state index is 13.2. The van der Waals surface area contributed by atoms with Gasteiger partial charge in [-0.25, -0.2) is 9.07 Å². The predicted octanol–water partition coefficient (Wildman–Crippen LogP) is 3.70. The minimum absolute atomic E-state index is 0.264. The topological polar surface area (TPSA) is 46.9 Å². The standard InChI is InChI=1S/C17H13BrFN3O/c18-16-7-6-13(19)8-15(16)17(23)20-9-12-10-21-22(11-12)14-4-2-1-3-5-14/h1-8,10-11H,9H2,(H,20,23). The Balaban J connectivity index is 1.68. The number of carbonyl (C=O) groups is 1. The molecule has 0 atom stereocenters. The molecule has 4 nitrogen and oxygen atoms in total. The molecule has 0 aliphatic carbocycles. The molecule has 23 heavy (non-hydrogen) atoms. The third kappa shape index (κ3) is 3.65. The van der Waals surface area contributed by atoms with Crippen molar-refractivity contribution in [1.29, 1.82) is 0 Å². The highest BCUT2D eigenvalue weighted by atomic mass is 79.9. The van der Waals surface area contributed by atoms with E-state index in [4.69, 9.17) is 0 Å². The van der Waals surface area contributed by atoms with Crippen LogP contribution < -0.4 is 5.32 Å². The molecule has 0 aliphatic rings. The molecular weight excluding hydrogens is 361 g/mol. The van der Waals surface area contributed by atoms with Crippen LogP contribution in [0.4, 0.5) is 4.39 Å². The lowest BCUT2D eigenvalue weighted by atomic mass is 10.2. The number of hydrogen-bond donors (Lipinski definition) is 1. The van der Waals surface area contributed by atoms with E-state index in [2.05, 4.69) is 26.3 Å². The van der Waals surface area contributed by atoms with Crippen LogP contribution in [0.2, 0.25) is 0 Å². The molecule has 0 bridgehead atoms. The van der Waals surface area contributed by atoms with Crippen LogP contribution in [0.25, 0.3) is 5.69 Å². The van der Waals surface area contributed by atoms with E-state index >= 15 is 0 Å². The zero-order chi connectivity index (χ0) is 16.2. The molecule has 1 heterocycles. The zero-order valence-electron chi connectivity index (χ0n) is 12.0. The molecule has 116 valence electrons. The van der Waals surface area contributed by atoms with Gasteiger partial charge >= 0.3 is 0 Å². The van der Waals surface area contributed by atoms with E-state index in [0.29, 0.717) is 11.0 Å². The minimum Gasteiger partial charge on any atom is -0.348 e. The summed E-state index contributed by atoms with van der Waals surface area (Å²) in [5, 5.41) is 7.02. The largest absolute Gasteiger partial charge is 0.348 e. The van der Waals surface area contributed by atoms with Crippen molar-refractivity contribution in [1.82, 2.24) is 15.1 Å². The fourth-order valence-electron chi connectivity index (χ4n) is 2.12. The summed E-state index contributed by atoms with van der Waals surface area (Å²) in [7, 11) is 0. The van der Waals surface area contributed by atoms with E-state index in [1.54, 1.807) is 10.9 Å². The van der Waals surface area contributed by atoms with E-state index in [9.17, 15) is 9.18 Å². The first-order valence-electron chi connectivity index (χ1n) is 6.96. The second-order valence-electron chi connectivity index (χ2n) is 4.94. The van der Waals surface area contributed by atoms with Crippen molar-refractivity contribution in [2.45, 2.75) is 6.54 Å². The summed E-state index contributed by atoms with van der Waals surface area (Å²) in [6.45, 7) is 0.314. The highest BCUT2D eigenvalue weighted by molar-refractivity contribution is 9.10. The summed E-state index contributed by atoms with van der Waals surface area (Å²) >= 11 is 3.25. The van der Waals surface area contributed by atoms with E-state index in [1.165, 1.54) is 18.2 Å². The molecule has 6 heteroatoms. The van der Waals surface area contributed by atoms with Crippen LogP contribution in [0.15, 0.2) is 65.4 Å². The first-order chi connectivity index (χ1) is 11.1. The summed E-state index contributed by atoms with van der Waals surface area (Å²) in [5.74, 6) is -0.793. The van der Waals surface area contributed by atoms with Crippen molar-refractivity contribution in [3.05, 3.63) is 82.3 Å². The third-order valence-corrected chi connectivity index (χ3v) is 3.97. The monoisotopic (exact) mass is 373 g/mol. The Morgan fingerprint density at radius 3 is 2.78 bits per heavy atom. The summed E-state index contributed by atoms with van der Waals surface area (Å²) in [6, 6.07) is 13.7. The van der Waals surface area contributed by atoms with Crippen molar-refractivity contribution >= 4 is 21.8 Å². The Morgan fingerprint density at radius 1 is 1.22 bits per heavy atom. The van der Waals surface area contributed by atoms with E-state index < -0.39 is 5.82 Å². The van der Waals surface area contributed by atoms with E-state index in [0.717, 1.165) is 11.3 Å². The lowest BCUT2D eigenvalue weighted by molar-refractivity contribution is 0.0949. The number of benzene rings is 2. The second kappa shape index (κ2) is 6.75. The lowest BCUT2D eigenvalue weighted by Gasteiger charge is -2.06. The predicted molar refractivity (Wildman–Crippen MR) is 88.8 cm³/mol. The Labute approximate surface area is 141 Å². The Hall–Kier alpha value is -2.47. The molecule has 0 spiro atoms. The number of aromatic nitrogens is 2. The number of rotatable bonds is 4. The molecule has 1 aromatic heterocycles. The molecule has 0 unspecified atom stereocenters. The smallest absolute Gasteiger partial charge is 0.252 e. The minimum atomic E-state index is -0.449. The van der Waals surface area contributed by atoms with Gasteiger partial charge in [-0.2, -0.15) is 5.10 Å². The molecular formula is C17H13BrFN3O. The summed E-state index contributed by atoms with van der Waals surface area (Å²) in [6.07, 6.45) is 3.53. The number of para-hydroxylation sites is 1. The van der Waals surface area contributed by atoms with Gasteiger partial charge in [-0.05, 0) is 46.3 Å². The van der Waals surface area contributed by atoms with Crippen molar-refractivity contribution in [2.24, 2.45) is 0 Å². The highest BCUT2D eigenvalue weighted by Crippen LogP contribution is 2.18. The van der Waals surface area contributed by atoms with Crippen LogP contribution in [0, 0.1) is 5.82 Å². The van der Waals surface area contributed by atoms with Crippen LogP contribution in [-0.2, 0) is 6.54 Å². The van der Waals surface area contributed by atoms with Gasteiger partial charge in [0.1, 0.15) is 5.82 Å². The number of carbonyl (C=O) groups excluding carboxylic acids is 1. The molecule has 0 aliphatic heterocycles. The summed E-state index contributed by atoms with van der Waals surface area (Å²) < 4.78 is 15.5. The summed E-state index contributed by atoms with van der Waals surface area (Å²) in [5.41, 5.74) is 2.06. The molecule has 0 radical (unpaired) electrons. The van der Waals surface area contributed by atoms with Gasteiger partial charge < -0.3 is 5.32 Å². The Kier molecular flexibility index (Phi) is 4.52. The van der Waals surface area contributed by atoms with Gasteiger partial charge in [0.25, 0.3) is 5.91 Å². The van der Waals surface area contributed by atoms with Gasteiger partial charge in [-0.1, -0.05) is 18.2 Å². The molecule has 0 saturated heterocycles. The van der Waals surface area contributed by atoms with Crippen LogP contribution in [-0.4, -0.2) is 15.7 Å². The lowest BCUT2D eigenvalue weighted by Crippen LogP contribution is -2.23. The summed E-state index contributed by atoms with van der Waals surface area (Å²) in [4.78, 5) is 12.1. The van der Waals surface area contributed by atoms with Gasteiger partial charge in [-0.15, -0.1) is 0 Å². The van der Waals surface area contributed by atoms with Crippen LogP contribution in [0.3, 0.4) is 0 Å². The first-order valence-corrected chi connectivity index (χ1v) is 7.75. The third-order valence-electron chi connectivity index (χ3n) is 3.28. The molecule has 2 aromatic carbocycles. The highest BCUT2D eigenvalue weighted by Gasteiger charge is 2.11. The molecule has 1 amide bonds. The van der Waals surface area contributed by atoms with Gasteiger partial charge in [0.2, 0.25) is 0 Å². The number of halogens is 2. The molecule has 0 saturated carbocycles. The van der Waals surface area contributed by atoms with Crippen molar-refractivity contribution in [2.75, 3.05) is 0 Å². The molecule has 3 rings (SSSR count). The average molecular weight is 374 g/mol. The first kappa shape index (κ1) is 15.4. The number of hydrogen-bond acceptors (Lipinski definition) is 2. The maximum atomic E-state index is 13.2. The van der Waals surface area contributed by atoms with Crippen LogP contribution in [0.5, 0.6) is 0 Å². The van der Waals surface area contributed by atoms with Crippen molar-refractivity contribution < 1.29 is 9.18 Å². The quantitative estimate of drug-likeness (QED) is 0.757. The van der Waals surface area contributed by atoms with E-state index in [-0.39, 0.29) is 11.5 Å². The molecule has 1 N–H and O–H groups in total. The van der Waals surface area contributed by atoms with Gasteiger partial charge in [0.05, 0.1) is 17.4 Å². The Bertz CT molecular complexity index is 833. The van der Waals surface area contributed by atoms with Crippen LogP contribution in [0.1, 0.15) is 15.9 Å². The molecule has 0 fully saturated rings. The number of nitrogens with zero attached hydrogens (tertiary/aromatic N) is 2. The number of nitrogens with one attached hydrogen (secondary N) is 1. The van der Waals surface area contributed by atoms with Crippen LogP contribution >= 0.6 is 15.9 Å². The van der Waals surface area contributed by atoms with Gasteiger partial charge in [0.15, 0.2) is 0 Å². The van der Waals surface area contributed by atoms with E-state index in [1.807, 2.05) is 36.5 Å². The van der Waals surface area contributed by atoms with Crippen molar-refractivity contribution in [3.63, 3.8) is 0 Å². The fourth-order valence-corrected chi connectivity index (χ4v) is 2.55. The fraction of sp³-hybridized carbons (Fsp3) is 0.0588. The van der Waals surface area contributed by atoms with Crippen molar-refractivity contribution in [3.8, 4) is 5.69 Å². The molecule has 3 aromatic rings. The maximum Gasteiger partial charge on any atom is 0.252 e. The second-order valence-corrected chi connectivity index (χ2v) is 5.79. The Morgan fingerprint density at radius 2 is 2.00 bits per heavy atom. The SMILES string of the molecule is O=C(NCc1cnn(-c2ccccc2)c1)c1cc(F)ccc1Br. The van der Waals surface area contributed by atoms with Gasteiger partial charge in [-0.3, -0.25) is 4.79 Å². The zero-order valence-corrected chi connectivity index (χ0v) is 13.6. The van der Waals surface area contributed by atoms with Gasteiger partial charge in [0, 0.05) is 22.8 Å². The normalized spacial score (nSPS) is 10.5. The average Bonchev–Trinajstić information content (AvgIpc) is 3.05.